The Morgan fingerprint density at radius 1 is 1.24 bits per heavy atom. The minimum absolute atomic E-state index is 0.0654. The van der Waals surface area contributed by atoms with Crippen LogP contribution in [0.2, 0.25) is 0 Å². The molecule has 0 spiro atoms. The maximum atomic E-state index is 12.9. The number of fused-ring (bicyclic) bond motifs is 2. The molecule has 0 aliphatic carbocycles. The summed E-state index contributed by atoms with van der Waals surface area (Å²) in [6, 6.07) is 12.9. The molecule has 1 aliphatic heterocycles. The lowest BCUT2D eigenvalue weighted by atomic mass is 9.86. The van der Waals surface area contributed by atoms with E-state index in [9.17, 15) is 9.59 Å². The van der Waals surface area contributed by atoms with Crippen LogP contribution in [0.15, 0.2) is 42.5 Å². The molecule has 0 bridgehead atoms. The summed E-state index contributed by atoms with van der Waals surface area (Å²) in [6.07, 6.45) is 0.620. The molecule has 6 nitrogen and oxygen atoms in total. The third kappa shape index (κ3) is 3.25. The maximum Gasteiger partial charge on any atom is 0.257 e. The summed E-state index contributed by atoms with van der Waals surface area (Å²) in [5.74, 6) is 6.11. The van der Waals surface area contributed by atoms with E-state index in [4.69, 9.17) is 0 Å². The van der Waals surface area contributed by atoms with Crippen LogP contribution in [-0.4, -0.2) is 28.3 Å². The van der Waals surface area contributed by atoms with Crippen LogP contribution in [-0.2, 0) is 10.2 Å². The number of carbonyl (C=O) groups is 2. The van der Waals surface area contributed by atoms with Crippen molar-refractivity contribution in [3.8, 4) is 11.8 Å². The Balaban J connectivity index is 1.68. The zero-order valence-electron chi connectivity index (χ0n) is 16.7. The number of H-pyrrole nitrogens is 1. The standard InChI is InChI=1S/C23H22N4O2/c1-4-5-9-12-27-19-14-18-17(13-16(19)23(2,3)21(27)29)24-22(25-18)26-20(28)15-10-7-6-8-11-15/h6-8,10-11,13-14H,9,12H2,1-3H3,(H2,24,25,26,28). The first-order valence-electron chi connectivity index (χ1n) is 9.54. The molecule has 0 fully saturated rings. The van der Waals surface area contributed by atoms with Gasteiger partial charge < -0.3 is 9.88 Å². The van der Waals surface area contributed by atoms with E-state index in [0.29, 0.717) is 30.0 Å². The largest absolute Gasteiger partial charge is 0.324 e. The number of rotatable bonds is 4. The summed E-state index contributed by atoms with van der Waals surface area (Å²) < 4.78 is 0. The fraction of sp³-hybridized carbons (Fsp3) is 0.261. The first-order valence-corrected chi connectivity index (χ1v) is 9.54. The first-order chi connectivity index (χ1) is 13.9. The Bertz CT molecular complexity index is 1170. The van der Waals surface area contributed by atoms with Crippen LogP contribution < -0.4 is 10.2 Å². The Kier molecular flexibility index (Phi) is 4.59. The molecule has 146 valence electrons. The zero-order valence-corrected chi connectivity index (χ0v) is 16.7. The zero-order chi connectivity index (χ0) is 20.6. The molecular weight excluding hydrogens is 364 g/mol. The summed E-state index contributed by atoms with van der Waals surface area (Å²) >= 11 is 0. The summed E-state index contributed by atoms with van der Waals surface area (Å²) in [7, 11) is 0. The fourth-order valence-corrected chi connectivity index (χ4v) is 3.67. The fourth-order valence-electron chi connectivity index (χ4n) is 3.67. The molecule has 29 heavy (non-hydrogen) atoms. The smallest absolute Gasteiger partial charge is 0.257 e. The number of amides is 2. The molecule has 1 aromatic heterocycles. The number of hydrogen-bond donors (Lipinski definition) is 2. The number of nitrogens with one attached hydrogen (secondary N) is 2. The van der Waals surface area contributed by atoms with Crippen molar-refractivity contribution in [3.05, 3.63) is 53.6 Å². The number of imidazole rings is 1. The van der Waals surface area contributed by atoms with Gasteiger partial charge in [-0.3, -0.25) is 14.9 Å². The van der Waals surface area contributed by atoms with Crippen LogP contribution in [0.25, 0.3) is 11.0 Å². The van der Waals surface area contributed by atoms with Crippen LogP contribution in [0.3, 0.4) is 0 Å². The molecule has 4 rings (SSSR count). The van der Waals surface area contributed by atoms with Gasteiger partial charge in [0.15, 0.2) is 0 Å². The topological polar surface area (TPSA) is 78.1 Å². The number of nitrogens with zero attached hydrogens (tertiary/aromatic N) is 2. The monoisotopic (exact) mass is 386 g/mol. The normalized spacial score (nSPS) is 14.4. The third-order valence-electron chi connectivity index (χ3n) is 5.25. The average molecular weight is 386 g/mol. The number of anilines is 2. The van der Waals surface area contributed by atoms with Gasteiger partial charge in [-0.05, 0) is 50.6 Å². The van der Waals surface area contributed by atoms with Crippen LogP contribution in [0.4, 0.5) is 11.6 Å². The second-order valence-corrected chi connectivity index (χ2v) is 7.55. The van der Waals surface area contributed by atoms with Gasteiger partial charge in [0.1, 0.15) is 0 Å². The second-order valence-electron chi connectivity index (χ2n) is 7.55. The van der Waals surface area contributed by atoms with E-state index in [1.807, 2.05) is 44.2 Å². The highest BCUT2D eigenvalue weighted by atomic mass is 16.2. The van der Waals surface area contributed by atoms with Crippen molar-refractivity contribution in [1.82, 2.24) is 9.97 Å². The van der Waals surface area contributed by atoms with Crippen molar-refractivity contribution in [2.45, 2.75) is 32.6 Å². The summed E-state index contributed by atoms with van der Waals surface area (Å²) in [4.78, 5) is 34.8. The van der Waals surface area contributed by atoms with Crippen LogP contribution >= 0.6 is 0 Å². The highest BCUT2D eigenvalue weighted by Crippen LogP contribution is 2.43. The molecule has 6 heteroatoms. The molecule has 0 radical (unpaired) electrons. The van der Waals surface area contributed by atoms with Gasteiger partial charge >= 0.3 is 0 Å². The molecular formula is C23H22N4O2. The van der Waals surface area contributed by atoms with Gasteiger partial charge in [-0.2, -0.15) is 0 Å². The van der Waals surface area contributed by atoms with E-state index in [0.717, 1.165) is 16.8 Å². The van der Waals surface area contributed by atoms with Gasteiger partial charge in [-0.1, -0.05) is 18.2 Å². The van der Waals surface area contributed by atoms with Crippen LogP contribution in [0.5, 0.6) is 0 Å². The number of aromatic amines is 1. The Morgan fingerprint density at radius 3 is 2.72 bits per heavy atom. The van der Waals surface area contributed by atoms with Crippen molar-refractivity contribution in [2.24, 2.45) is 0 Å². The van der Waals surface area contributed by atoms with Crippen molar-refractivity contribution < 1.29 is 9.59 Å². The van der Waals surface area contributed by atoms with E-state index < -0.39 is 5.41 Å². The second kappa shape index (κ2) is 7.10. The van der Waals surface area contributed by atoms with Gasteiger partial charge in [0, 0.05) is 18.5 Å². The lowest BCUT2D eigenvalue weighted by Gasteiger charge is -2.19. The molecule has 0 saturated heterocycles. The number of benzene rings is 2. The molecule has 2 amide bonds. The van der Waals surface area contributed by atoms with E-state index >= 15 is 0 Å². The summed E-state index contributed by atoms with van der Waals surface area (Å²) in [5, 5.41) is 2.80. The highest BCUT2D eigenvalue weighted by Gasteiger charge is 2.44. The van der Waals surface area contributed by atoms with Crippen LogP contribution in [0, 0.1) is 11.8 Å². The number of carbonyl (C=O) groups excluding carboxylic acids is 2. The Hall–Kier alpha value is -3.59. The van der Waals surface area contributed by atoms with Gasteiger partial charge in [-0.25, -0.2) is 4.98 Å². The molecule has 2 heterocycles. The summed E-state index contributed by atoms with van der Waals surface area (Å²) in [5.41, 5.74) is 3.22. The van der Waals surface area contributed by atoms with Crippen molar-refractivity contribution in [1.29, 1.82) is 0 Å². The molecule has 0 saturated carbocycles. The third-order valence-corrected chi connectivity index (χ3v) is 5.25. The molecule has 1 aliphatic rings. The lowest BCUT2D eigenvalue weighted by Crippen LogP contribution is -2.36. The number of hydrogen-bond acceptors (Lipinski definition) is 3. The number of aromatic nitrogens is 2. The Labute approximate surface area is 169 Å². The van der Waals surface area contributed by atoms with Gasteiger partial charge in [-0.15, -0.1) is 11.8 Å². The molecule has 2 aromatic carbocycles. The van der Waals surface area contributed by atoms with Crippen molar-refractivity contribution in [3.63, 3.8) is 0 Å². The SMILES string of the molecule is CC#CCCN1C(=O)C(C)(C)c2cc3[nH]c(NC(=O)c4ccccc4)nc3cc21. The summed E-state index contributed by atoms with van der Waals surface area (Å²) in [6.45, 7) is 6.20. The Morgan fingerprint density at radius 2 is 2.00 bits per heavy atom. The quantitative estimate of drug-likeness (QED) is 0.669. The van der Waals surface area contributed by atoms with Crippen molar-refractivity contribution in [2.75, 3.05) is 16.8 Å². The molecule has 2 N–H and O–H groups in total. The van der Waals surface area contributed by atoms with Gasteiger partial charge in [0.2, 0.25) is 11.9 Å². The van der Waals surface area contributed by atoms with E-state index in [1.54, 1.807) is 24.0 Å². The van der Waals surface area contributed by atoms with E-state index in [1.165, 1.54) is 0 Å². The minimum Gasteiger partial charge on any atom is -0.324 e. The molecule has 3 aromatic rings. The predicted molar refractivity (Wildman–Crippen MR) is 114 cm³/mol. The lowest BCUT2D eigenvalue weighted by molar-refractivity contribution is -0.122. The van der Waals surface area contributed by atoms with Crippen molar-refractivity contribution >= 4 is 34.5 Å². The average Bonchev–Trinajstić information content (AvgIpc) is 3.18. The van der Waals surface area contributed by atoms with Crippen LogP contribution in [0.1, 0.15) is 43.1 Å². The highest BCUT2D eigenvalue weighted by molar-refractivity contribution is 6.10. The molecule has 0 atom stereocenters. The van der Waals surface area contributed by atoms with E-state index in [2.05, 4.69) is 27.1 Å². The van der Waals surface area contributed by atoms with Gasteiger partial charge in [0.05, 0.1) is 22.1 Å². The minimum atomic E-state index is -0.623. The van der Waals surface area contributed by atoms with Gasteiger partial charge in [0.25, 0.3) is 5.91 Å². The van der Waals surface area contributed by atoms with E-state index in [-0.39, 0.29) is 11.8 Å². The first kappa shape index (κ1) is 18.8. The molecule has 0 unspecified atom stereocenters. The predicted octanol–water partition coefficient (Wildman–Crippen LogP) is 3.85. The maximum absolute atomic E-state index is 12.9.